The van der Waals surface area contributed by atoms with E-state index in [1.54, 1.807) is 29.2 Å². The third-order valence-corrected chi connectivity index (χ3v) is 6.92. The minimum Gasteiger partial charge on any atom is -0.438 e. The summed E-state index contributed by atoms with van der Waals surface area (Å²) in [7, 11) is -2.46. The lowest BCUT2D eigenvalue weighted by molar-refractivity contribution is 0.0991. The summed E-state index contributed by atoms with van der Waals surface area (Å²) in [5.74, 6) is -0.605. The van der Waals surface area contributed by atoms with Crippen LogP contribution in [0.1, 0.15) is 21.8 Å². The quantitative estimate of drug-likeness (QED) is 0.627. The Bertz CT molecular complexity index is 1090. The second-order valence-corrected chi connectivity index (χ2v) is 9.61. The van der Waals surface area contributed by atoms with Crippen LogP contribution in [0.3, 0.4) is 0 Å². The Morgan fingerprint density at radius 1 is 1.22 bits per heavy atom. The molecule has 27 heavy (non-hydrogen) atoms. The fourth-order valence-electron chi connectivity index (χ4n) is 2.19. The molecule has 1 aromatic carbocycles. The van der Waals surface area contributed by atoms with E-state index >= 15 is 0 Å². The van der Waals surface area contributed by atoms with E-state index in [0.29, 0.717) is 5.69 Å². The number of hydrogen-bond donors (Lipinski definition) is 2. The first-order valence-corrected chi connectivity index (χ1v) is 11.0. The molecule has 0 bridgehead atoms. The summed E-state index contributed by atoms with van der Waals surface area (Å²) in [5.41, 5.74) is 2.48. The van der Waals surface area contributed by atoms with Gasteiger partial charge in [-0.05, 0) is 56.8 Å². The smallest absolute Gasteiger partial charge is 0.291 e. The van der Waals surface area contributed by atoms with Crippen LogP contribution in [0.15, 0.2) is 54.5 Å². The summed E-state index contributed by atoms with van der Waals surface area (Å²) < 4.78 is 31.6. The van der Waals surface area contributed by atoms with Gasteiger partial charge in [0.2, 0.25) is 5.09 Å². The number of thiazole rings is 1. The normalized spacial score (nSPS) is 11.5. The van der Waals surface area contributed by atoms with E-state index in [4.69, 9.17) is 4.42 Å². The van der Waals surface area contributed by atoms with Gasteiger partial charge in [-0.15, -0.1) is 11.3 Å². The van der Waals surface area contributed by atoms with Crippen LogP contribution < -0.4 is 10.0 Å². The first-order valence-electron chi connectivity index (χ1n) is 7.84. The number of carbonyl (C=O) groups excluding carboxylic acids is 1. The van der Waals surface area contributed by atoms with Gasteiger partial charge in [-0.25, -0.2) is 18.1 Å². The van der Waals surface area contributed by atoms with E-state index in [1.165, 1.54) is 19.2 Å². The van der Waals surface area contributed by atoms with Gasteiger partial charge >= 0.3 is 0 Å². The Morgan fingerprint density at radius 2 is 2.00 bits per heavy atom. The molecule has 3 rings (SSSR count). The maximum Gasteiger partial charge on any atom is 0.291 e. The zero-order valence-corrected chi connectivity index (χ0v) is 17.2. The molecule has 2 N–H and O–H groups in total. The van der Waals surface area contributed by atoms with Crippen LogP contribution in [0.4, 0.5) is 5.69 Å². The summed E-state index contributed by atoms with van der Waals surface area (Å²) in [6, 6.07) is 8.20. The molecular weight excluding hydrogens is 406 g/mol. The maximum atomic E-state index is 12.3. The monoisotopic (exact) mass is 423 g/mol. The highest BCUT2D eigenvalue weighted by molar-refractivity contribution is 8.01. The molecule has 1 amide bonds. The van der Waals surface area contributed by atoms with Crippen LogP contribution in [0.5, 0.6) is 0 Å². The van der Waals surface area contributed by atoms with Gasteiger partial charge < -0.3 is 9.73 Å². The van der Waals surface area contributed by atoms with Gasteiger partial charge in [0.1, 0.15) is 0 Å². The Morgan fingerprint density at radius 3 is 2.63 bits per heavy atom. The molecule has 0 aliphatic carbocycles. The zero-order valence-electron chi connectivity index (χ0n) is 14.8. The number of sulfonamides is 1. The Hall–Kier alpha value is -2.14. The highest BCUT2D eigenvalue weighted by Crippen LogP contribution is 2.32. The molecule has 142 valence electrons. The fraction of sp³-hybridized carbons (Fsp3) is 0.176. The molecule has 0 saturated heterocycles. The summed E-state index contributed by atoms with van der Waals surface area (Å²) in [5, 5.41) is 4.42. The van der Waals surface area contributed by atoms with Gasteiger partial charge in [0.25, 0.3) is 15.9 Å². The first-order chi connectivity index (χ1) is 12.8. The number of carbonyl (C=O) groups is 1. The van der Waals surface area contributed by atoms with E-state index in [1.807, 2.05) is 31.4 Å². The summed E-state index contributed by atoms with van der Waals surface area (Å²) in [6.45, 7) is 3.83. The molecule has 0 fully saturated rings. The average Bonchev–Trinajstić information content (AvgIpc) is 3.27. The minimum atomic E-state index is -3.73. The molecule has 0 aliphatic heterocycles. The van der Waals surface area contributed by atoms with Crippen LogP contribution in [0.25, 0.3) is 0 Å². The molecule has 2 heterocycles. The number of nitrogens with one attached hydrogen (secondary N) is 2. The van der Waals surface area contributed by atoms with E-state index < -0.39 is 15.9 Å². The van der Waals surface area contributed by atoms with Crippen LogP contribution in [-0.4, -0.2) is 26.4 Å². The van der Waals surface area contributed by atoms with Gasteiger partial charge in [0.05, 0.1) is 0 Å². The molecule has 3 aromatic rings. The molecule has 0 unspecified atom stereocenters. The predicted molar refractivity (Wildman–Crippen MR) is 105 cm³/mol. The molecule has 0 atom stereocenters. The fourth-order valence-corrected chi connectivity index (χ4v) is 4.75. The molecule has 7 nitrogen and oxygen atoms in total. The summed E-state index contributed by atoms with van der Waals surface area (Å²) >= 11 is 3.14. The van der Waals surface area contributed by atoms with Crippen molar-refractivity contribution in [3.8, 4) is 0 Å². The number of benzene rings is 1. The highest BCUT2D eigenvalue weighted by atomic mass is 32.2. The molecule has 0 spiro atoms. The van der Waals surface area contributed by atoms with Gasteiger partial charge in [-0.1, -0.05) is 11.8 Å². The van der Waals surface area contributed by atoms with Crippen molar-refractivity contribution in [2.24, 2.45) is 0 Å². The predicted octanol–water partition coefficient (Wildman–Crippen LogP) is 3.66. The standard InChI is InChI=1S/C17H17N3O4S3/c1-10-8-12(26-17-19-11(2)9-25-17)4-5-13(10)20-16(21)14-6-7-15(24-14)27(22,23)18-3/h4-9,18H,1-3H3,(H,20,21). The lowest BCUT2D eigenvalue weighted by Crippen LogP contribution is -2.18. The second kappa shape index (κ2) is 7.85. The second-order valence-electron chi connectivity index (χ2n) is 5.61. The van der Waals surface area contributed by atoms with Crippen molar-refractivity contribution in [2.75, 3.05) is 12.4 Å². The number of amides is 1. The first kappa shape index (κ1) is 19.6. The van der Waals surface area contributed by atoms with Gasteiger partial charge in [-0.2, -0.15) is 0 Å². The molecular formula is C17H17N3O4S3. The highest BCUT2D eigenvalue weighted by Gasteiger charge is 2.20. The zero-order chi connectivity index (χ0) is 19.6. The Labute approximate surface area is 165 Å². The van der Waals surface area contributed by atoms with Crippen molar-refractivity contribution in [1.29, 1.82) is 0 Å². The van der Waals surface area contributed by atoms with Crippen molar-refractivity contribution in [1.82, 2.24) is 9.71 Å². The molecule has 10 heteroatoms. The van der Waals surface area contributed by atoms with Crippen LogP contribution in [0, 0.1) is 13.8 Å². The molecule has 0 radical (unpaired) electrons. The minimum absolute atomic E-state index is 0.0834. The van der Waals surface area contributed by atoms with Crippen LogP contribution >= 0.6 is 23.1 Å². The number of nitrogens with zero attached hydrogens (tertiary/aromatic N) is 1. The average molecular weight is 424 g/mol. The lowest BCUT2D eigenvalue weighted by Gasteiger charge is -2.08. The summed E-state index contributed by atoms with van der Waals surface area (Å²) in [4.78, 5) is 17.8. The van der Waals surface area contributed by atoms with E-state index in [9.17, 15) is 13.2 Å². The summed E-state index contributed by atoms with van der Waals surface area (Å²) in [6.07, 6.45) is 0. The van der Waals surface area contributed by atoms with Crippen molar-refractivity contribution >= 4 is 44.7 Å². The van der Waals surface area contributed by atoms with Gasteiger partial charge in [0.15, 0.2) is 10.1 Å². The number of aromatic nitrogens is 1. The van der Waals surface area contributed by atoms with Crippen LogP contribution in [0.2, 0.25) is 0 Å². The SMILES string of the molecule is CNS(=O)(=O)c1ccc(C(=O)Nc2ccc(Sc3nc(C)cs3)cc2C)o1. The van der Waals surface area contributed by atoms with Crippen molar-refractivity contribution in [3.63, 3.8) is 0 Å². The van der Waals surface area contributed by atoms with Gasteiger partial charge in [0, 0.05) is 21.7 Å². The lowest BCUT2D eigenvalue weighted by atomic mass is 10.2. The van der Waals surface area contributed by atoms with E-state index in [0.717, 1.165) is 20.5 Å². The van der Waals surface area contributed by atoms with Crippen molar-refractivity contribution < 1.29 is 17.6 Å². The molecule has 0 saturated carbocycles. The third kappa shape index (κ3) is 4.59. The number of rotatable bonds is 6. The van der Waals surface area contributed by atoms with E-state index in [-0.39, 0.29) is 10.9 Å². The van der Waals surface area contributed by atoms with Crippen LogP contribution in [-0.2, 0) is 10.0 Å². The largest absolute Gasteiger partial charge is 0.438 e. The van der Waals surface area contributed by atoms with Crippen molar-refractivity contribution in [2.45, 2.75) is 28.2 Å². The Balaban J connectivity index is 1.73. The number of furan rings is 1. The topological polar surface area (TPSA) is 101 Å². The maximum absolute atomic E-state index is 12.3. The number of aryl methyl sites for hydroxylation is 2. The molecule has 0 aliphatic rings. The Kier molecular flexibility index (Phi) is 5.70. The third-order valence-electron chi connectivity index (χ3n) is 3.59. The van der Waals surface area contributed by atoms with Gasteiger partial charge in [-0.3, -0.25) is 4.79 Å². The number of hydrogen-bond acceptors (Lipinski definition) is 7. The van der Waals surface area contributed by atoms with Crippen molar-refractivity contribution in [3.05, 3.63) is 52.7 Å². The van der Waals surface area contributed by atoms with E-state index in [2.05, 4.69) is 15.0 Å². The molecule has 2 aromatic heterocycles. The number of anilines is 1.